The number of carboxylic acids is 1. The number of likely N-dealkylation sites (tertiary alicyclic amines) is 1. The van der Waals surface area contributed by atoms with E-state index in [1.165, 1.54) is 0 Å². The Kier molecular flexibility index (Phi) is 4.78. The van der Waals surface area contributed by atoms with Crippen molar-refractivity contribution in [2.24, 2.45) is 11.8 Å². The molecule has 0 bridgehead atoms. The number of carboxylic acid groups (broad SMARTS) is 1. The second-order valence-corrected chi connectivity index (χ2v) is 5.82. The molecule has 6 heteroatoms. The summed E-state index contributed by atoms with van der Waals surface area (Å²) in [5.74, 6) is -1.53. The maximum absolute atomic E-state index is 11.3. The molecule has 0 amide bonds. The van der Waals surface area contributed by atoms with Crippen LogP contribution < -0.4 is 0 Å². The molecule has 110 valence electrons. The van der Waals surface area contributed by atoms with E-state index in [2.05, 4.69) is 9.80 Å². The monoisotopic (exact) mass is 272 g/mol. The largest absolute Gasteiger partial charge is 0.481 e. The van der Waals surface area contributed by atoms with Crippen LogP contribution in [0.4, 0.5) is 0 Å². The summed E-state index contributed by atoms with van der Waals surface area (Å²) in [7, 11) is 3.95. The zero-order chi connectivity index (χ0) is 14.0. The topological polar surface area (TPSA) is 73.2 Å². The van der Waals surface area contributed by atoms with E-state index in [1.807, 2.05) is 14.1 Å². The molecule has 0 radical (unpaired) electrons. The van der Waals surface area contributed by atoms with Crippen molar-refractivity contribution in [3.63, 3.8) is 0 Å². The minimum Gasteiger partial charge on any atom is -0.481 e. The summed E-state index contributed by atoms with van der Waals surface area (Å²) in [5.41, 5.74) is 0. The van der Waals surface area contributed by atoms with E-state index in [9.17, 15) is 15.0 Å². The molecule has 0 aromatic rings. The van der Waals surface area contributed by atoms with Gasteiger partial charge in [0.15, 0.2) is 0 Å². The highest BCUT2D eigenvalue weighted by Crippen LogP contribution is 2.29. The van der Waals surface area contributed by atoms with E-state index in [1.54, 1.807) is 0 Å². The molecule has 0 aromatic carbocycles. The number of hydrogen-bond donors (Lipinski definition) is 2. The minimum atomic E-state index is -0.804. The third-order valence-corrected chi connectivity index (χ3v) is 4.29. The van der Waals surface area contributed by atoms with Crippen molar-refractivity contribution in [2.45, 2.75) is 18.6 Å². The van der Waals surface area contributed by atoms with Gasteiger partial charge in [-0.05, 0) is 27.1 Å². The molecular formula is C13H24N2O4. The van der Waals surface area contributed by atoms with Crippen LogP contribution in [0, 0.1) is 11.8 Å². The first-order valence-electron chi connectivity index (χ1n) is 6.88. The van der Waals surface area contributed by atoms with Crippen LogP contribution in [-0.4, -0.2) is 85.1 Å². The van der Waals surface area contributed by atoms with Gasteiger partial charge in [-0.3, -0.25) is 4.79 Å². The summed E-state index contributed by atoms with van der Waals surface area (Å²) in [6.07, 6.45) is -0.403. The van der Waals surface area contributed by atoms with Crippen molar-refractivity contribution in [1.29, 1.82) is 0 Å². The number of piperidine rings is 1. The molecule has 4 unspecified atom stereocenters. The highest BCUT2D eigenvalue weighted by Gasteiger charge is 2.41. The highest BCUT2D eigenvalue weighted by atomic mass is 16.5. The molecule has 0 saturated carbocycles. The Morgan fingerprint density at radius 1 is 1.26 bits per heavy atom. The number of carbonyl (C=O) groups is 1. The number of aliphatic carboxylic acids is 1. The van der Waals surface area contributed by atoms with E-state index < -0.39 is 18.0 Å². The third-order valence-electron chi connectivity index (χ3n) is 4.29. The van der Waals surface area contributed by atoms with Crippen LogP contribution in [0.15, 0.2) is 0 Å². The number of hydrogen-bond acceptors (Lipinski definition) is 5. The molecular weight excluding hydrogens is 248 g/mol. The van der Waals surface area contributed by atoms with Gasteiger partial charge in [0.1, 0.15) is 0 Å². The summed E-state index contributed by atoms with van der Waals surface area (Å²) in [6.45, 7) is 3.50. The van der Waals surface area contributed by atoms with E-state index in [-0.39, 0.29) is 12.0 Å². The number of likely N-dealkylation sites (N-methyl/N-ethyl adjacent to an activating group) is 1. The molecule has 0 aromatic heterocycles. The van der Waals surface area contributed by atoms with Crippen molar-refractivity contribution in [1.82, 2.24) is 9.80 Å². The summed E-state index contributed by atoms with van der Waals surface area (Å²) < 4.78 is 5.62. The second-order valence-electron chi connectivity index (χ2n) is 5.82. The van der Waals surface area contributed by atoms with Gasteiger partial charge in [0, 0.05) is 25.6 Å². The Morgan fingerprint density at radius 2 is 1.95 bits per heavy atom. The maximum atomic E-state index is 11.3. The maximum Gasteiger partial charge on any atom is 0.306 e. The first kappa shape index (κ1) is 14.7. The van der Waals surface area contributed by atoms with Crippen LogP contribution in [0.1, 0.15) is 6.42 Å². The average Bonchev–Trinajstić information content (AvgIpc) is 2.37. The van der Waals surface area contributed by atoms with Crippen LogP contribution in [-0.2, 0) is 9.53 Å². The predicted molar refractivity (Wildman–Crippen MR) is 70.0 cm³/mol. The van der Waals surface area contributed by atoms with Crippen molar-refractivity contribution in [3.05, 3.63) is 0 Å². The van der Waals surface area contributed by atoms with E-state index in [4.69, 9.17) is 4.74 Å². The van der Waals surface area contributed by atoms with Gasteiger partial charge in [-0.1, -0.05) is 0 Å². The quantitative estimate of drug-likeness (QED) is 0.710. The summed E-state index contributed by atoms with van der Waals surface area (Å²) >= 11 is 0. The number of rotatable bonds is 3. The Morgan fingerprint density at radius 3 is 2.58 bits per heavy atom. The molecule has 2 aliphatic heterocycles. The standard InChI is InChI=1S/C13H24N2O4/c1-14-4-3-9(13(17)18)10(7-14)12(16)11-8-15(2)5-6-19-11/h9-12,16H,3-8H2,1-2H3,(H,17,18). The number of aliphatic hydroxyl groups is 1. The van der Waals surface area contributed by atoms with Crippen molar-refractivity contribution >= 4 is 5.97 Å². The van der Waals surface area contributed by atoms with Crippen LogP contribution in [0.5, 0.6) is 0 Å². The Balaban J connectivity index is 2.05. The van der Waals surface area contributed by atoms with Crippen molar-refractivity contribution in [2.75, 3.05) is 46.9 Å². The van der Waals surface area contributed by atoms with Gasteiger partial charge in [-0.2, -0.15) is 0 Å². The number of nitrogens with zero attached hydrogens (tertiary/aromatic N) is 2. The molecule has 2 fully saturated rings. The van der Waals surface area contributed by atoms with Crippen LogP contribution in [0.25, 0.3) is 0 Å². The Hall–Kier alpha value is -0.690. The zero-order valence-electron chi connectivity index (χ0n) is 11.7. The first-order valence-corrected chi connectivity index (χ1v) is 6.88. The molecule has 19 heavy (non-hydrogen) atoms. The molecule has 0 spiro atoms. The highest BCUT2D eigenvalue weighted by molar-refractivity contribution is 5.70. The van der Waals surface area contributed by atoms with Gasteiger partial charge >= 0.3 is 5.97 Å². The lowest BCUT2D eigenvalue weighted by Gasteiger charge is -2.41. The van der Waals surface area contributed by atoms with Gasteiger partial charge in [0.2, 0.25) is 0 Å². The number of ether oxygens (including phenoxy) is 1. The molecule has 2 saturated heterocycles. The summed E-state index contributed by atoms with van der Waals surface area (Å²) in [6, 6.07) is 0. The lowest BCUT2D eigenvalue weighted by atomic mass is 9.80. The molecule has 2 heterocycles. The smallest absolute Gasteiger partial charge is 0.306 e. The van der Waals surface area contributed by atoms with Crippen molar-refractivity contribution in [3.8, 4) is 0 Å². The molecule has 6 nitrogen and oxygen atoms in total. The lowest BCUT2D eigenvalue weighted by molar-refractivity contribution is -0.155. The lowest BCUT2D eigenvalue weighted by Crippen LogP contribution is -2.54. The number of aliphatic hydroxyl groups excluding tert-OH is 1. The van der Waals surface area contributed by atoms with Gasteiger partial charge < -0.3 is 24.7 Å². The van der Waals surface area contributed by atoms with Gasteiger partial charge in [-0.25, -0.2) is 0 Å². The average molecular weight is 272 g/mol. The van der Waals surface area contributed by atoms with Crippen LogP contribution >= 0.6 is 0 Å². The summed E-state index contributed by atoms with van der Waals surface area (Å²) in [4.78, 5) is 15.5. The summed E-state index contributed by atoms with van der Waals surface area (Å²) in [5, 5.41) is 19.8. The fourth-order valence-electron chi connectivity index (χ4n) is 3.10. The number of morpholine rings is 1. The van der Waals surface area contributed by atoms with E-state index in [0.717, 1.165) is 13.1 Å². The molecule has 2 rings (SSSR count). The Bertz CT molecular complexity index is 326. The van der Waals surface area contributed by atoms with Gasteiger partial charge in [0.05, 0.1) is 24.7 Å². The zero-order valence-corrected chi connectivity index (χ0v) is 11.7. The van der Waals surface area contributed by atoms with E-state index >= 15 is 0 Å². The normalized spacial score (nSPS) is 36.1. The fourth-order valence-corrected chi connectivity index (χ4v) is 3.10. The first-order chi connectivity index (χ1) is 8.99. The third kappa shape index (κ3) is 3.45. The van der Waals surface area contributed by atoms with Gasteiger partial charge in [-0.15, -0.1) is 0 Å². The SMILES string of the molecule is CN1CCOC(C(O)C2CN(C)CCC2C(=O)O)C1. The molecule has 0 aliphatic carbocycles. The fraction of sp³-hybridized carbons (Fsp3) is 0.923. The van der Waals surface area contributed by atoms with Crippen LogP contribution in [0.3, 0.4) is 0 Å². The molecule has 2 N–H and O–H groups in total. The predicted octanol–water partition coefficient (Wildman–Crippen LogP) is -0.670. The van der Waals surface area contributed by atoms with Crippen molar-refractivity contribution < 1.29 is 19.7 Å². The molecule has 2 aliphatic rings. The minimum absolute atomic E-state index is 0.257. The van der Waals surface area contributed by atoms with E-state index in [0.29, 0.717) is 26.1 Å². The Labute approximate surface area is 113 Å². The van der Waals surface area contributed by atoms with Crippen LogP contribution in [0.2, 0.25) is 0 Å². The molecule has 4 atom stereocenters. The second kappa shape index (κ2) is 6.17. The van der Waals surface area contributed by atoms with Gasteiger partial charge in [0.25, 0.3) is 0 Å².